The van der Waals surface area contributed by atoms with Crippen LogP contribution in [0.5, 0.6) is 0 Å². The smallest absolute Gasteiger partial charge is 0.309 e. The lowest BCUT2D eigenvalue weighted by molar-refractivity contribution is -0.142. The average molecular weight is 331 g/mol. The van der Waals surface area contributed by atoms with Gasteiger partial charge in [-0.2, -0.15) is 0 Å². The lowest BCUT2D eigenvalue weighted by atomic mass is 9.93. The number of rotatable bonds is 4. The third-order valence-corrected chi connectivity index (χ3v) is 5.36. The molecule has 2 fully saturated rings. The Morgan fingerprint density at radius 1 is 1.25 bits per heavy atom. The number of hydrogen-bond acceptors (Lipinski definition) is 4. The highest BCUT2D eigenvalue weighted by atomic mass is 16.4. The van der Waals surface area contributed by atoms with E-state index in [9.17, 15) is 14.7 Å². The number of amides is 1. The quantitative estimate of drug-likeness (QED) is 0.904. The Bertz CT molecular complexity index is 584. The summed E-state index contributed by atoms with van der Waals surface area (Å²) >= 11 is 0. The minimum absolute atomic E-state index is 0.0919. The van der Waals surface area contributed by atoms with E-state index in [0.717, 1.165) is 31.6 Å². The zero-order chi connectivity index (χ0) is 17.1. The molecule has 24 heavy (non-hydrogen) atoms. The number of aromatic nitrogens is 1. The highest BCUT2D eigenvalue weighted by molar-refractivity contribution is 5.79. The number of likely N-dealkylation sites (tertiary alicyclic amines) is 2. The normalized spacial score (nSPS) is 25.8. The molecule has 2 aliphatic heterocycles. The largest absolute Gasteiger partial charge is 0.481 e. The van der Waals surface area contributed by atoms with Gasteiger partial charge in [0.25, 0.3) is 0 Å². The van der Waals surface area contributed by atoms with Gasteiger partial charge in [-0.05, 0) is 51.0 Å². The first-order valence-corrected chi connectivity index (χ1v) is 8.64. The molecule has 2 saturated heterocycles. The third kappa shape index (κ3) is 3.75. The summed E-state index contributed by atoms with van der Waals surface area (Å²) in [6.07, 6.45) is 4.30. The summed E-state index contributed by atoms with van der Waals surface area (Å²) in [6, 6.07) is 5.53. The summed E-state index contributed by atoms with van der Waals surface area (Å²) in [5.41, 5.74) is 0.763. The van der Waals surface area contributed by atoms with Crippen molar-refractivity contribution in [2.75, 3.05) is 33.2 Å². The number of nitrogens with zero attached hydrogens (tertiary/aromatic N) is 3. The Labute approximate surface area is 142 Å². The van der Waals surface area contributed by atoms with Gasteiger partial charge in [-0.3, -0.25) is 14.6 Å². The van der Waals surface area contributed by atoms with Gasteiger partial charge in [0.15, 0.2) is 0 Å². The van der Waals surface area contributed by atoms with E-state index in [-0.39, 0.29) is 11.8 Å². The van der Waals surface area contributed by atoms with Crippen LogP contribution in [0.4, 0.5) is 0 Å². The maximum Gasteiger partial charge on any atom is 0.309 e. The number of carboxylic acid groups (broad SMARTS) is 1. The highest BCUT2D eigenvalue weighted by Crippen LogP contribution is 2.33. The molecule has 0 aromatic carbocycles. The van der Waals surface area contributed by atoms with Crippen LogP contribution in [0.1, 0.15) is 30.9 Å². The average Bonchev–Trinajstić information content (AvgIpc) is 3.03. The van der Waals surface area contributed by atoms with Crippen molar-refractivity contribution in [2.45, 2.75) is 25.2 Å². The van der Waals surface area contributed by atoms with Gasteiger partial charge < -0.3 is 14.9 Å². The summed E-state index contributed by atoms with van der Waals surface area (Å²) in [4.78, 5) is 32.6. The second-order valence-electron chi connectivity index (χ2n) is 7.06. The van der Waals surface area contributed by atoms with E-state index in [1.807, 2.05) is 18.2 Å². The third-order valence-electron chi connectivity index (χ3n) is 5.36. The van der Waals surface area contributed by atoms with Gasteiger partial charge in [0.2, 0.25) is 5.91 Å². The second-order valence-corrected chi connectivity index (χ2v) is 7.06. The predicted molar refractivity (Wildman–Crippen MR) is 89.5 cm³/mol. The summed E-state index contributed by atoms with van der Waals surface area (Å²) in [6.45, 7) is 2.82. The van der Waals surface area contributed by atoms with Crippen molar-refractivity contribution in [1.29, 1.82) is 0 Å². The fraction of sp³-hybridized carbons (Fsp3) is 0.611. The maximum atomic E-state index is 12.6. The fourth-order valence-electron chi connectivity index (χ4n) is 3.79. The molecule has 3 heterocycles. The molecule has 6 heteroatoms. The van der Waals surface area contributed by atoms with Crippen LogP contribution < -0.4 is 0 Å². The molecule has 0 saturated carbocycles. The summed E-state index contributed by atoms with van der Waals surface area (Å²) in [5.74, 6) is -1.12. The Hall–Kier alpha value is -1.95. The van der Waals surface area contributed by atoms with Gasteiger partial charge in [-0.15, -0.1) is 0 Å². The van der Waals surface area contributed by atoms with E-state index in [1.54, 1.807) is 11.1 Å². The molecule has 2 aliphatic rings. The van der Waals surface area contributed by atoms with Crippen molar-refractivity contribution in [3.05, 3.63) is 30.1 Å². The van der Waals surface area contributed by atoms with E-state index in [2.05, 4.69) is 16.9 Å². The van der Waals surface area contributed by atoms with E-state index in [1.165, 1.54) is 0 Å². The molecule has 0 aliphatic carbocycles. The Kier molecular flexibility index (Phi) is 5.14. The van der Waals surface area contributed by atoms with Crippen molar-refractivity contribution in [3.63, 3.8) is 0 Å². The van der Waals surface area contributed by atoms with Crippen molar-refractivity contribution in [3.8, 4) is 0 Å². The van der Waals surface area contributed by atoms with Crippen LogP contribution in [0.3, 0.4) is 0 Å². The number of hydrogen-bond donors (Lipinski definition) is 1. The molecule has 0 radical (unpaired) electrons. The van der Waals surface area contributed by atoms with Gasteiger partial charge in [0.1, 0.15) is 0 Å². The number of carbonyl (C=O) groups is 2. The Morgan fingerprint density at radius 2 is 2.00 bits per heavy atom. The molecule has 130 valence electrons. The zero-order valence-corrected chi connectivity index (χ0v) is 14.1. The van der Waals surface area contributed by atoms with Crippen LogP contribution in [-0.4, -0.2) is 65.0 Å². The van der Waals surface area contributed by atoms with Gasteiger partial charge in [0, 0.05) is 37.3 Å². The lowest BCUT2D eigenvalue weighted by Gasteiger charge is -2.29. The van der Waals surface area contributed by atoms with Crippen molar-refractivity contribution in [1.82, 2.24) is 14.8 Å². The molecule has 6 nitrogen and oxygen atoms in total. The molecule has 1 amide bonds. The van der Waals surface area contributed by atoms with Crippen LogP contribution in [-0.2, 0) is 9.59 Å². The zero-order valence-electron chi connectivity index (χ0n) is 14.1. The minimum atomic E-state index is -0.847. The standard InChI is InChI=1S/C18H25N3O3/c1-20-8-5-13(6-9-20)10-17(22)21-11-14(15(12-21)18(23)24)16-4-2-3-7-19-16/h2-4,7,13-15H,5-6,8-12H2,1H3,(H,23,24)/t14-,15-/m0/s1. The first kappa shape index (κ1) is 16.9. The SMILES string of the molecule is CN1CCC(CC(=O)N2C[C@H](C(=O)O)[C@@H](c3ccccn3)C2)CC1. The number of aliphatic carboxylic acids is 1. The van der Waals surface area contributed by atoms with Crippen LogP contribution >= 0.6 is 0 Å². The highest BCUT2D eigenvalue weighted by Gasteiger charge is 2.41. The number of carbonyl (C=O) groups excluding carboxylic acids is 1. The van der Waals surface area contributed by atoms with Gasteiger partial charge in [-0.1, -0.05) is 6.07 Å². The maximum absolute atomic E-state index is 12.6. The van der Waals surface area contributed by atoms with Crippen LogP contribution in [0.15, 0.2) is 24.4 Å². The second kappa shape index (κ2) is 7.30. The first-order valence-electron chi connectivity index (χ1n) is 8.64. The molecular formula is C18H25N3O3. The monoisotopic (exact) mass is 331 g/mol. The molecule has 0 spiro atoms. The predicted octanol–water partition coefficient (Wildman–Crippen LogP) is 1.44. The topological polar surface area (TPSA) is 73.7 Å². The van der Waals surface area contributed by atoms with Crippen LogP contribution in [0.2, 0.25) is 0 Å². The van der Waals surface area contributed by atoms with E-state index in [0.29, 0.717) is 25.4 Å². The van der Waals surface area contributed by atoms with E-state index in [4.69, 9.17) is 0 Å². The van der Waals surface area contributed by atoms with E-state index >= 15 is 0 Å². The molecule has 2 atom stereocenters. The molecular weight excluding hydrogens is 306 g/mol. The molecule has 1 aromatic heterocycles. The Balaban J connectivity index is 1.64. The van der Waals surface area contributed by atoms with Gasteiger partial charge in [0.05, 0.1) is 5.92 Å². The van der Waals surface area contributed by atoms with Crippen LogP contribution in [0.25, 0.3) is 0 Å². The molecule has 0 unspecified atom stereocenters. The molecule has 0 bridgehead atoms. The molecule has 1 aromatic rings. The minimum Gasteiger partial charge on any atom is -0.481 e. The van der Waals surface area contributed by atoms with Crippen molar-refractivity contribution >= 4 is 11.9 Å². The Morgan fingerprint density at radius 3 is 2.62 bits per heavy atom. The molecule has 3 rings (SSSR count). The summed E-state index contributed by atoms with van der Waals surface area (Å²) in [7, 11) is 2.10. The lowest BCUT2D eigenvalue weighted by Crippen LogP contribution is -2.35. The van der Waals surface area contributed by atoms with Crippen LogP contribution in [0, 0.1) is 11.8 Å². The van der Waals surface area contributed by atoms with Crippen molar-refractivity contribution in [2.24, 2.45) is 11.8 Å². The van der Waals surface area contributed by atoms with Gasteiger partial charge in [-0.25, -0.2) is 0 Å². The molecule has 1 N–H and O–H groups in total. The van der Waals surface area contributed by atoms with Crippen molar-refractivity contribution < 1.29 is 14.7 Å². The van der Waals surface area contributed by atoms with Gasteiger partial charge >= 0.3 is 5.97 Å². The fourth-order valence-corrected chi connectivity index (χ4v) is 3.79. The number of pyridine rings is 1. The first-order chi connectivity index (χ1) is 11.5. The number of carboxylic acids is 1. The van der Waals surface area contributed by atoms with E-state index < -0.39 is 11.9 Å². The summed E-state index contributed by atoms with van der Waals surface area (Å²) in [5, 5.41) is 9.52. The number of piperidine rings is 1. The summed E-state index contributed by atoms with van der Waals surface area (Å²) < 4.78 is 0.